The highest BCUT2D eigenvalue weighted by Gasteiger charge is 2.36. The quantitative estimate of drug-likeness (QED) is 0.824. The summed E-state index contributed by atoms with van der Waals surface area (Å²) in [6, 6.07) is 11.7. The molecule has 1 aliphatic carbocycles. The molecule has 29 heavy (non-hydrogen) atoms. The Labute approximate surface area is 172 Å². The topological polar surface area (TPSA) is 85.7 Å². The third-order valence-electron chi connectivity index (χ3n) is 5.21. The first-order chi connectivity index (χ1) is 13.8. The van der Waals surface area contributed by atoms with Crippen LogP contribution in [-0.2, 0) is 9.53 Å². The van der Waals surface area contributed by atoms with E-state index in [0.717, 1.165) is 18.4 Å². The zero-order chi connectivity index (χ0) is 21.0. The Morgan fingerprint density at radius 2 is 1.93 bits per heavy atom. The van der Waals surface area contributed by atoms with Crippen LogP contribution in [0.15, 0.2) is 30.3 Å². The third-order valence-corrected chi connectivity index (χ3v) is 5.21. The molecule has 3 rings (SSSR count). The number of nitrogens with zero attached hydrogens (tertiary/aromatic N) is 3. The molecule has 2 amide bonds. The highest BCUT2D eigenvalue weighted by Crippen LogP contribution is 2.40. The van der Waals surface area contributed by atoms with Crippen molar-refractivity contribution >= 4 is 12.0 Å². The molecule has 1 N–H and O–H groups in total. The maximum Gasteiger partial charge on any atom is 0.410 e. The second-order valence-corrected chi connectivity index (χ2v) is 8.84. The molecule has 1 aliphatic heterocycles. The van der Waals surface area contributed by atoms with Crippen molar-refractivity contribution in [3.8, 4) is 6.07 Å². The van der Waals surface area contributed by atoms with Crippen LogP contribution in [0.2, 0.25) is 0 Å². The van der Waals surface area contributed by atoms with E-state index in [1.807, 2.05) is 56.0 Å². The van der Waals surface area contributed by atoms with Crippen LogP contribution < -0.4 is 5.32 Å². The van der Waals surface area contributed by atoms with Crippen LogP contribution in [0.1, 0.15) is 45.2 Å². The van der Waals surface area contributed by atoms with Gasteiger partial charge in [0, 0.05) is 13.1 Å². The van der Waals surface area contributed by atoms with Crippen molar-refractivity contribution in [3.05, 3.63) is 35.9 Å². The summed E-state index contributed by atoms with van der Waals surface area (Å²) in [4.78, 5) is 28.4. The number of nitriles is 1. The van der Waals surface area contributed by atoms with Crippen LogP contribution in [0.5, 0.6) is 0 Å². The summed E-state index contributed by atoms with van der Waals surface area (Å²) in [5, 5.41) is 12.7. The average Bonchev–Trinajstić information content (AvgIpc) is 3.51. The minimum atomic E-state index is -0.578. The minimum absolute atomic E-state index is 0.0206. The number of piperazine rings is 1. The first kappa shape index (κ1) is 21.1. The van der Waals surface area contributed by atoms with Gasteiger partial charge in [-0.25, -0.2) is 4.79 Å². The summed E-state index contributed by atoms with van der Waals surface area (Å²) >= 11 is 0. The first-order valence-corrected chi connectivity index (χ1v) is 10.2. The summed E-state index contributed by atoms with van der Waals surface area (Å²) in [5.74, 6) is 0.397. The molecule has 1 saturated carbocycles. The van der Waals surface area contributed by atoms with E-state index in [-0.39, 0.29) is 25.0 Å². The largest absolute Gasteiger partial charge is 0.444 e. The lowest BCUT2D eigenvalue weighted by atomic mass is 10.0. The lowest BCUT2D eigenvalue weighted by molar-refractivity contribution is -0.124. The second-order valence-electron chi connectivity index (χ2n) is 8.84. The number of hydrogen-bond acceptors (Lipinski definition) is 5. The van der Waals surface area contributed by atoms with Gasteiger partial charge in [-0.2, -0.15) is 5.26 Å². The van der Waals surface area contributed by atoms with Crippen molar-refractivity contribution in [2.24, 2.45) is 5.92 Å². The molecule has 7 heteroatoms. The summed E-state index contributed by atoms with van der Waals surface area (Å²) in [7, 11) is 0. The van der Waals surface area contributed by atoms with Crippen molar-refractivity contribution in [2.75, 3.05) is 26.2 Å². The van der Waals surface area contributed by atoms with Crippen molar-refractivity contribution in [3.63, 3.8) is 0 Å². The van der Waals surface area contributed by atoms with Gasteiger partial charge >= 0.3 is 6.09 Å². The molecular weight excluding hydrogens is 368 g/mol. The normalized spacial score (nSPS) is 21.2. The van der Waals surface area contributed by atoms with Crippen molar-refractivity contribution in [1.82, 2.24) is 15.1 Å². The molecule has 156 valence electrons. The SMILES string of the molecule is CC(C)(C)OC(=O)N1CCN(CC(=O)N[C@@H](c2ccccc2)C2CC2)[C@H](C#N)C1. The van der Waals surface area contributed by atoms with E-state index in [2.05, 4.69) is 11.4 Å². The van der Waals surface area contributed by atoms with Crippen molar-refractivity contribution in [1.29, 1.82) is 5.26 Å². The average molecular weight is 399 g/mol. The Hall–Kier alpha value is -2.59. The van der Waals surface area contributed by atoms with Crippen LogP contribution >= 0.6 is 0 Å². The molecule has 2 fully saturated rings. The van der Waals surface area contributed by atoms with Gasteiger partial charge in [0.25, 0.3) is 0 Å². The molecule has 1 saturated heterocycles. The van der Waals surface area contributed by atoms with E-state index in [9.17, 15) is 14.9 Å². The fraction of sp³-hybridized carbons (Fsp3) is 0.591. The van der Waals surface area contributed by atoms with Crippen molar-refractivity contribution < 1.29 is 14.3 Å². The fourth-order valence-electron chi connectivity index (χ4n) is 3.59. The highest BCUT2D eigenvalue weighted by molar-refractivity contribution is 5.79. The van der Waals surface area contributed by atoms with E-state index >= 15 is 0 Å². The number of nitrogens with one attached hydrogen (secondary N) is 1. The number of amides is 2. The van der Waals surface area contributed by atoms with Gasteiger partial charge in [0.2, 0.25) is 5.91 Å². The molecule has 0 bridgehead atoms. The third kappa shape index (κ3) is 5.94. The fourth-order valence-corrected chi connectivity index (χ4v) is 3.59. The maximum atomic E-state index is 12.7. The summed E-state index contributed by atoms with van der Waals surface area (Å²) in [6.45, 7) is 6.73. The number of carbonyl (C=O) groups is 2. The van der Waals surface area contributed by atoms with Gasteiger partial charge in [0.1, 0.15) is 11.6 Å². The summed E-state index contributed by atoms with van der Waals surface area (Å²) < 4.78 is 5.40. The standard InChI is InChI=1S/C22H30N4O3/c1-22(2,3)29-21(28)26-12-11-25(18(13-23)14-26)15-19(27)24-20(17-9-10-17)16-7-5-4-6-8-16/h4-8,17-18,20H,9-12,14-15H2,1-3H3,(H,24,27)/t18-,20+/m1/s1. The Bertz CT molecular complexity index is 765. The number of hydrogen-bond donors (Lipinski definition) is 1. The minimum Gasteiger partial charge on any atom is -0.444 e. The van der Waals surface area contributed by atoms with Gasteiger partial charge in [-0.3, -0.25) is 9.69 Å². The Kier molecular flexibility index (Phi) is 6.43. The van der Waals surface area contributed by atoms with Gasteiger partial charge in [0.15, 0.2) is 0 Å². The molecule has 0 spiro atoms. The molecule has 2 aliphatic rings. The number of ether oxygens (including phenoxy) is 1. The van der Waals surface area contributed by atoms with E-state index in [0.29, 0.717) is 19.0 Å². The highest BCUT2D eigenvalue weighted by atomic mass is 16.6. The molecule has 1 aromatic rings. The van der Waals surface area contributed by atoms with Crippen molar-refractivity contribution in [2.45, 2.75) is 51.3 Å². The lowest BCUT2D eigenvalue weighted by Crippen LogP contribution is -2.57. The molecule has 7 nitrogen and oxygen atoms in total. The van der Waals surface area contributed by atoms with Gasteiger partial charge < -0.3 is 15.0 Å². The Morgan fingerprint density at radius 1 is 1.24 bits per heavy atom. The summed E-state index contributed by atoms with van der Waals surface area (Å²) in [5.41, 5.74) is 0.542. The molecule has 1 heterocycles. The van der Waals surface area contributed by atoms with Gasteiger partial charge in [-0.1, -0.05) is 30.3 Å². The van der Waals surface area contributed by atoms with E-state index in [1.54, 1.807) is 4.90 Å². The molecule has 0 radical (unpaired) electrons. The molecule has 0 aromatic heterocycles. The monoisotopic (exact) mass is 398 g/mol. The maximum absolute atomic E-state index is 12.7. The van der Waals surface area contributed by atoms with Gasteiger partial charge in [0.05, 0.1) is 25.2 Å². The second kappa shape index (κ2) is 8.83. The van der Waals surface area contributed by atoms with Crippen LogP contribution in [0.25, 0.3) is 0 Å². The molecule has 0 unspecified atom stereocenters. The predicted molar refractivity (Wildman–Crippen MR) is 109 cm³/mol. The Morgan fingerprint density at radius 3 is 2.52 bits per heavy atom. The number of rotatable bonds is 5. The molecular formula is C22H30N4O3. The van der Waals surface area contributed by atoms with Crippen LogP contribution in [0.4, 0.5) is 4.79 Å². The first-order valence-electron chi connectivity index (χ1n) is 10.2. The molecule has 1 aromatic carbocycles. The van der Waals surface area contributed by atoms with Crippen LogP contribution in [0.3, 0.4) is 0 Å². The molecule has 2 atom stereocenters. The van der Waals surface area contributed by atoms with E-state index in [4.69, 9.17) is 4.74 Å². The summed E-state index contributed by atoms with van der Waals surface area (Å²) in [6.07, 6.45) is 1.82. The van der Waals surface area contributed by atoms with E-state index in [1.165, 1.54) is 0 Å². The lowest BCUT2D eigenvalue weighted by Gasteiger charge is -2.38. The number of carbonyl (C=O) groups excluding carboxylic acids is 2. The zero-order valence-electron chi connectivity index (χ0n) is 17.4. The van der Waals surface area contributed by atoms with Crippen LogP contribution in [0, 0.1) is 17.2 Å². The smallest absolute Gasteiger partial charge is 0.410 e. The van der Waals surface area contributed by atoms with Gasteiger partial charge in [-0.15, -0.1) is 0 Å². The predicted octanol–water partition coefficient (Wildman–Crippen LogP) is 2.70. The Balaban J connectivity index is 1.56. The zero-order valence-corrected chi connectivity index (χ0v) is 17.4. The number of benzene rings is 1. The van der Waals surface area contributed by atoms with Crippen LogP contribution in [-0.4, -0.2) is 59.6 Å². The van der Waals surface area contributed by atoms with E-state index < -0.39 is 17.7 Å². The van der Waals surface area contributed by atoms with Gasteiger partial charge in [-0.05, 0) is 45.1 Å².